The molecule has 0 saturated heterocycles. The van der Waals surface area contributed by atoms with E-state index in [9.17, 15) is 23.4 Å². The fourth-order valence-electron chi connectivity index (χ4n) is 2.21. The maximum atomic E-state index is 13.0. The Hall–Kier alpha value is -2.83. The largest absolute Gasteiger partial charge is 0.507 e. The van der Waals surface area contributed by atoms with Crippen LogP contribution in [0.5, 0.6) is 11.6 Å². The molecule has 2 aromatic heterocycles. The quantitative estimate of drug-likeness (QED) is 0.719. The SMILES string of the molecule is Oc1cc(O)c2ccc(-c3ncccc3C(F)(F)F)cc2n1. The molecule has 22 heavy (non-hydrogen) atoms. The van der Waals surface area contributed by atoms with Gasteiger partial charge >= 0.3 is 6.18 Å². The predicted molar refractivity (Wildman–Crippen MR) is 73.3 cm³/mol. The van der Waals surface area contributed by atoms with Crippen molar-refractivity contribution in [3.8, 4) is 22.9 Å². The number of nitrogens with zero attached hydrogens (tertiary/aromatic N) is 2. The summed E-state index contributed by atoms with van der Waals surface area (Å²) in [6, 6.07) is 7.40. The van der Waals surface area contributed by atoms with Gasteiger partial charge in [0.05, 0.1) is 16.8 Å². The first-order valence-electron chi connectivity index (χ1n) is 6.21. The monoisotopic (exact) mass is 306 g/mol. The summed E-state index contributed by atoms with van der Waals surface area (Å²) in [5.41, 5.74) is -0.730. The lowest BCUT2D eigenvalue weighted by Gasteiger charge is -2.12. The zero-order chi connectivity index (χ0) is 15.9. The second-order valence-electron chi connectivity index (χ2n) is 4.63. The van der Waals surface area contributed by atoms with Gasteiger partial charge in [-0.2, -0.15) is 13.2 Å². The molecule has 3 aromatic rings. The molecule has 0 atom stereocenters. The van der Waals surface area contributed by atoms with Crippen molar-refractivity contribution in [1.82, 2.24) is 9.97 Å². The number of benzene rings is 1. The van der Waals surface area contributed by atoms with Gasteiger partial charge in [-0.25, -0.2) is 4.98 Å². The Morgan fingerprint density at radius 2 is 1.77 bits per heavy atom. The molecule has 2 N–H and O–H groups in total. The van der Waals surface area contributed by atoms with Crippen LogP contribution < -0.4 is 0 Å². The van der Waals surface area contributed by atoms with Gasteiger partial charge in [0.1, 0.15) is 5.75 Å². The topological polar surface area (TPSA) is 66.2 Å². The molecule has 0 radical (unpaired) electrons. The molecule has 3 rings (SSSR count). The van der Waals surface area contributed by atoms with E-state index in [1.807, 2.05) is 0 Å². The minimum Gasteiger partial charge on any atom is -0.507 e. The summed E-state index contributed by atoms with van der Waals surface area (Å²) in [6.07, 6.45) is -3.27. The van der Waals surface area contributed by atoms with Gasteiger partial charge in [-0.1, -0.05) is 6.07 Å². The van der Waals surface area contributed by atoms with Crippen LogP contribution in [0.1, 0.15) is 5.56 Å². The summed E-state index contributed by atoms with van der Waals surface area (Å²) < 4.78 is 39.1. The van der Waals surface area contributed by atoms with Crippen LogP contribution in [-0.2, 0) is 6.18 Å². The van der Waals surface area contributed by atoms with E-state index in [0.29, 0.717) is 5.39 Å². The highest BCUT2D eigenvalue weighted by Gasteiger charge is 2.34. The van der Waals surface area contributed by atoms with Crippen molar-refractivity contribution < 1.29 is 23.4 Å². The molecule has 0 bridgehead atoms. The average Bonchev–Trinajstić information content (AvgIpc) is 2.45. The molecule has 1 aromatic carbocycles. The summed E-state index contributed by atoms with van der Waals surface area (Å²) >= 11 is 0. The first kappa shape index (κ1) is 14.1. The molecular weight excluding hydrogens is 297 g/mol. The number of alkyl halides is 3. The van der Waals surface area contributed by atoms with Gasteiger partial charge in [0.25, 0.3) is 0 Å². The Kier molecular flexibility index (Phi) is 3.13. The van der Waals surface area contributed by atoms with E-state index in [1.165, 1.54) is 30.5 Å². The van der Waals surface area contributed by atoms with Gasteiger partial charge < -0.3 is 10.2 Å². The first-order chi connectivity index (χ1) is 10.4. The smallest absolute Gasteiger partial charge is 0.418 e. The van der Waals surface area contributed by atoms with E-state index >= 15 is 0 Å². The summed E-state index contributed by atoms with van der Waals surface area (Å²) in [5.74, 6) is -0.620. The standard InChI is InChI=1S/C15H9F3N2O2/c16-15(17,18)10-2-1-5-19-14(10)8-3-4-9-11(6-8)20-13(22)7-12(9)21/h1-7H,(H2,20,21,22). The van der Waals surface area contributed by atoms with Crippen molar-refractivity contribution in [3.63, 3.8) is 0 Å². The Morgan fingerprint density at radius 1 is 1.00 bits per heavy atom. The molecule has 0 unspecified atom stereocenters. The number of pyridine rings is 2. The Balaban J connectivity index is 2.24. The van der Waals surface area contributed by atoms with Crippen LogP contribution in [0.4, 0.5) is 13.2 Å². The Labute approximate surface area is 122 Å². The highest BCUT2D eigenvalue weighted by molar-refractivity contribution is 5.89. The van der Waals surface area contributed by atoms with Crippen LogP contribution in [-0.4, -0.2) is 20.2 Å². The molecule has 2 heterocycles. The zero-order valence-electron chi connectivity index (χ0n) is 11.0. The Bertz CT molecular complexity index is 863. The minimum absolute atomic E-state index is 0.175. The fourth-order valence-corrected chi connectivity index (χ4v) is 2.21. The maximum absolute atomic E-state index is 13.0. The van der Waals surface area contributed by atoms with E-state index in [0.717, 1.165) is 12.1 Å². The van der Waals surface area contributed by atoms with Crippen molar-refractivity contribution in [3.05, 3.63) is 48.2 Å². The summed E-state index contributed by atoms with van der Waals surface area (Å²) in [4.78, 5) is 7.60. The van der Waals surface area contributed by atoms with Crippen molar-refractivity contribution >= 4 is 10.9 Å². The normalized spacial score (nSPS) is 11.8. The van der Waals surface area contributed by atoms with E-state index in [-0.39, 0.29) is 22.5 Å². The molecule has 0 saturated carbocycles. The number of rotatable bonds is 1. The maximum Gasteiger partial charge on any atom is 0.418 e. The first-order valence-corrected chi connectivity index (χ1v) is 6.21. The molecule has 7 heteroatoms. The van der Waals surface area contributed by atoms with Gasteiger partial charge in [0.15, 0.2) is 0 Å². The van der Waals surface area contributed by atoms with Gasteiger partial charge in [-0.05, 0) is 24.3 Å². The van der Waals surface area contributed by atoms with Crippen LogP contribution in [0.2, 0.25) is 0 Å². The molecule has 0 fully saturated rings. The summed E-state index contributed by atoms with van der Waals surface area (Å²) in [6.45, 7) is 0. The highest BCUT2D eigenvalue weighted by Crippen LogP contribution is 2.37. The van der Waals surface area contributed by atoms with Crippen molar-refractivity contribution in [2.45, 2.75) is 6.18 Å². The van der Waals surface area contributed by atoms with Crippen LogP contribution >= 0.6 is 0 Å². The second-order valence-corrected chi connectivity index (χ2v) is 4.63. The van der Waals surface area contributed by atoms with Gasteiger partial charge in [0, 0.05) is 23.2 Å². The molecule has 4 nitrogen and oxygen atoms in total. The van der Waals surface area contributed by atoms with Crippen molar-refractivity contribution in [1.29, 1.82) is 0 Å². The molecule has 0 aliphatic rings. The lowest BCUT2D eigenvalue weighted by Crippen LogP contribution is -2.08. The van der Waals surface area contributed by atoms with E-state index in [2.05, 4.69) is 9.97 Å². The fraction of sp³-hybridized carbons (Fsp3) is 0.0667. The molecule has 0 amide bonds. The molecule has 0 aliphatic carbocycles. The third-order valence-corrected chi connectivity index (χ3v) is 3.16. The minimum atomic E-state index is -4.53. The second kappa shape index (κ2) is 4.87. The highest BCUT2D eigenvalue weighted by atomic mass is 19.4. The molecule has 112 valence electrons. The number of hydrogen-bond acceptors (Lipinski definition) is 4. The van der Waals surface area contributed by atoms with Gasteiger partial charge in [-0.15, -0.1) is 0 Å². The van der Waals surface area contributed by atoms with Crippen molar-refractivity contribution in [2.24, 2.45) is 0 Å². The Morgan fingerprint density at radius 3 is 2.50 bits per heavy atom. The van der Waals surface area contributed by atoms with Gasteiger partial charge in [0.2, 0.25) is 5.88 Å². The molecular formula is C15H9F3N2O2. The zero-order valence-corrected chi connectivity index (χ0v) is 11.0. The number of aromatic hydroxyl groups is 2. The van der Waals surface area contributed by atoms with Gasteiger partial charge in [-0.3, -0.25) is 4.98 Å². The van der Waals surface area contributed by atoms with E-state index in [4.69, 9.17) is 0 Å². The number of hydrogen-bond donors (Lipinski definition) is 2. The van der Waals surface area contributed by atoms with Crippen molar-refractivity contribution in [2.75, 3.05) is 0 Å². The number of aromatic nitrogens is 2. The molecule has 0 aliphatic heterocycles. The third-order valence-electron chi connectivity index (χ3n) is 3.16. The predicted octanol–water partition coefficient (Wildman–Crippen LogP) is 3.73. The van der Waals surface area contributed by atoms with Crippen LogP contribution in [0.25, 0.3) is 22.2 Å². The summed E-state index contributed by atoms with van der Waals surface area (Å²) in [7, 11) is 0. The molecule has 0 spiro atoms. The van der Waals surface area contributed by atoms with E-state index < -0.39 is 17.6 Å². The average molecular weight is 306 g/mol. The van der Waals surface area contributed by atoms with Crippen LogP contribution in [0.3, 0.4) is 0 Å². The van der Waals surface area contributed by atoms with Crippen LogP contribution in [0, 0.1) is 0 Å². The number of halogens is 3. The summed E-state index contributed by atoms with van der Waals surface area (Å²) in [5, 5.41) is 19.4. The lowest BCUT2D eigenvalue weighted by atomic mass is 10.0. The lowest BCUT2D eigenvalue weighted by molar-refractivity contribution is -0.137. The van der Waals surface area contributed by atoms with Crippen LogP contribution in [0.15, 0.2) is 42.6 Å². The third kappa shape index (κ3) is 2.41. The number of fused-ring (bicyclic) bond motifs is 1. The van der Waals surface area contributed by atoms with E-state index in [1.54, 1.807) is 0 Å².